The number of nitrogens with two attached hydrogens (primary N) is 1. The number of hydrogen-bond donors (Lipinski definition) is 3. The monoisotopic (exact) mass is 448 g/mol. The molecule has 0 unspecified atom stereocenters. The van der Waals surface area contributed by atoms with Crippen LogP contribution in [0.4, 0.5) is 36.4 Å². The van der Waals surface area contributed by atoms with Gasteiger partial charge in [-0.15, -0.1) is 11.8 Å². The Balaban J connectivity index is 1.53. The number of hydrogen-bond acceptors (Lipinski definition) is 7. The lowest BCUT2D eigenvalue weighted by atomic mass is 10.2. The molecular weight excluding hydrogens is 429 g/mol. The van der Waals surface area contributed by atoms with Crippen LogP contribution in [-0.4, -0.2) is 26.6 Å². The third-order valence-electron chi connectivity index (χ3n) is 4.05. The van der Waals surface area contributed by atoms with E-state index in [1.807, 2.05) is 31.2 Å². The van der Waals surface area contributed by atoms with Crippen LogP contribution >= 0.6 is 11.8 Å². The molecule has 162 valence electrons. The highest BCUT2D eigenvalue weighted by molar-refractivity contribution is 7.99. The summed E-state index contributed by atoms with van der Waals surface area (Å²) >= 11 is 1.24. The van der Waals surface area contributed by atoms with E-state index in [1.165, 1.54) is 23.9 Å². The van der Waals surface area contributed by atoms with Crippen molar-refractivity contribution in [1.29, 1.82) is 0 Å². The molecule has 1 aromatic heterocycles. The van der Waals surface area contributed by atoms with Crippen LogP contribution in [0.3, 0.4) is 0 Å². The number of rotatable bonds is 7. The maximum atomic E-state index is 12.6. The second kappa shape index (κ2) is 9.65. The number of aromatic nitrogens is 3. The van der Waals surface area contributed by atoms with E-state index in [9.17, 15) is 18.0 Å². The number of halogens is 3. The molecule has 0 radical (unpaired) electrons. The third-order valence-corrected chi connectivity index (χ3v) is 4.98. The van der Waals surface area contributed by atoms with Crippen LogP contribution < -0.4 is 16.4 Å². The summed E-state index contributed by atoms with van der Waals surface area (Å²) in [7, 11) is 0. The fraction of sp³-hybridized carbons (Fsp3) is 0.200. The minimum Gasteiger partial charge on any atom is -0.368 e. The Bertz CT molecular complexity index is 1060. The minimum absolute atomic E-state index is 0.0518. The number of aryl methyl sites for hydroxylation is 1. The average molecular weight is 448 g/mol. The molecule has 1 amide bonds. The second-order valence-corrected chi connectivity index (χ2v) is 7.48. The zero-order chi connectivity index (χ0) is 22.4. The van der Waals surface area contributed by atoms with E-state index in [4.69, 9.17) is 5.73 Å². The quantitative estimate of drug-likeness (QED) is 0.492. The molecule has 0 fully saturated rings. The van der Waals surface area contributed by atoms with Gasteiger partial charge in [0, 0.05) is 11.4 Å². The fourth-order valence-electron chi connectivity index (χ4n) is 2.57. The van der Waals surface area contributed by atoms with Gasteiger partial charge >= 0.3 is 6.18 Å². The summed E-state index contributed by atoms with van der Waals surface area (Å²) in [5, 5.41) is 5.64. The number of alkyl halides is 3. The molecule has 0 aliphatic heterocycles. The molecule has 0 saturated carbocycles. The molecule has 2 aromatic carbocycles. The molecule has 0 spiro atoms. The fourth-order valence-corrected chi connectivity index (χ4v) is 3.24. The van der Waals surface area contributed by atoms with Gasteiger partial charge in [0.05, 0.1) is 17.1 Å². The number of carbonyl (C=O) groups is 1. The van der Waals surface area contributed by atoms with Crippen LogP contribution in [-0.2, 0) is 16.7 Å². The third kappa shape index (κ3) is 6.57. The van der Waals surface area contributed by atoms with Crippen molar-refractivity contribution in [3.05, 3.63) is 65.5 Å². The van der Waals surface area contributed by atoms with Crippen LogP contribution in [0.1, 0.15) is 17.0 Å². The summed E-state index contributed by atoms with van der Waals surface area (Å²) < 4.78 is 37.8. The lowest BCUT2D eigenvalue weighted by Crippen LogP contribution is -2.15. The van der Waals surface area contributed by atoms with Crippen molar-refractivity contribution >= 4 is 40.9 Å². The van der Waals surface area contributed by atoms with Crippen LogP contribution in [0.5, 0.6) is 0 Å². The van der Waals surface area contributed by atoms with Crippen molar-refractivity contribution in [2.45, 2.75) is 18.9 Å². The number of benzene rings is 2. The first-order valence-corrected chi connectivity index (χ1v) is 10.2. The Hall–Kier alpha value is -3.34. The van der Waals surface area contributed by atoms with Gasteiger partial charge < -0.3 is 16.4 Å². The smallest absolute Gasteiger partial charge is 0.368 e. The summed E-state index contributed by atoms with van der Waals surface area (Å²) in [5.74, 6) is 0.756. The molecule has 4 N–H and O–H groups in total. The molecule has 11 heteroatoms. The maximum absolute atomic E-state index is 12.6. The van der Waals surface area contributed by atoms with Gasteiger partial charge in [-0.05, 0) is 42.8 Å². The molecular formula is C20H19F3N6OS. The number of thioether (sulfide) groups is 1. The predicted molar refractivity (Wildman–Crippen MR) is 115 cm³/mol. The first-order valence-electron chi connectivity index (χ1n) is 9.08. The predicted octanol–water partition coefficient (Wildman–Crippen LogP) is 4.40. The van der Waals surface area contributed by atoms with Gasteiger partial charge in [0.25, 0.3) is 0 Å². The van der Waals surface area contributed by atoms with Gasteiger partial charge in [-0.2, -0.15) is 28.1 Å². The van der Waals surface area contributed by atoms with Crippen molar-refractivity contribution in [1.82, 2.24) is 15.0 Å². The van der Waals surface area contributed by atoms with E-state index in [0.29, 0.717) is 17.5 Å². The molecule has 7 nitrogen and oxygen atoms in total. The number of nitrogens with one attached hydrogen (secondary N) is 2. The van der Waals surface area contributed by atoms with E-state index >= 15 is 0 Å². The van der Waals surface area contributed by atoms with Crippen molar-refractivity contribution in [3.8, 4) is 0 Å². The van der Waals surface area contributed by atoms with Crippen LogP contribution in [0.2, 0.25) is 0 Å². The highest BCUT2D eigenvalue weighted by Crippen LogP contribution is 2.29. The average Bonchev–Trinajstić information content (AvgIpc) is 2.69. The maximum Gasteiger partial charge on any atom is 0.416 e. The molecule has 0 aliphatic carbocycles. The SMILES string of the molecule is Cc1ccccc1Nc1nc(N)nc(CSCC(=O)Nc2ccc(C(F)(F)F)cc2)n1. The Kier molecular flexibility index (Phi) is 6.95. The molecule has 1 heterocycles. The van der Waals surface area contributed by atoms with Crippen LogP contribution in [0.15, 0.2) is 48.5 Å². The van der Waals surface area contributed by atoms with Crippen LogP contribution in [0.25, 0.3) is 0 Å². The summed E-state index contributed by atoms with van der Waals surface area (Å²) in [4.78, 5) is 24.5. The van der Waals surface area contributed by atoms with Crippen molar-refractivity contribution in [2.24, 2.45) is 0 Å². The van der Waals surface area contributed by atoms with Gasteiger partial charge in [0.1, 0.15) is 5.82 Å². The number of nitrogen functional groups attached to an aromatic ring is 1. The lowest BCUT2D eigenvalue weighted by molar-refractivity contribution is -0.137. The van der Waals surface area contributed by atoms with Crippen molar-refractivity contribution < 1.29 is 18.0 Å². The summed E-state index contributed by atoms with van der Waals surface area (Å²) in [6.45, 7) is 1.94. The Labute approximate surface area is 180 Å². The lowest BCUT2D eigenvalue weighted by Gasteiger charge is -2.10. The molecule has 0 aliphatic rings. The largest absolute Gasteiger partial charge is 0.416 e. The van der Waals surface area contributed by atoms with E-state index in [0.717, 1.165) is 23.4 Å². The topological polar surface area (TPSA) is 106 Å². The number of nitrogens with zero attached hydrogens (tertiary/aromatic N) is 3. The Morgan fingerprint density at radius 2 is 1.77 bits per heavy atom. The van der Waals surface area contributed by atoms with Gasteiger partial charge in [-0.25, -0.2) is 0 Å². The summed E-state index contributed by atoms with van der Waals surface area (Å²) in [6, 6.07) is 11.9. The van der Waals surface area contributed by atoms with Crippen LogP contribution in [0, 0.1) is 6.92 Å². The van der Waals surface area contributed by atoms with Gasteiger partial charge in [0.2, 0.25) is 17.8 Å². The Morgan fingerprint density at radius 3 is 2.45 bits per heavy atom. The van der Waals surface area contributed by atoms with E-state index in [-0.39, 0.29) is 23.3 Å². The normalized spacial score (nSPS) is 11.2. The minimum atomic E-state index is -4.42. The summed E-state index contributed by atoms with van der Waals surface area (Å²) in [5.41, 5.74) is 7.11. The standard InChI is InChI=1S/C20H19F3N6OS/c1-12-4-2-3-5-15(12)26-19-28-16(27-18(24)29-19)10-31-11-17(30)25-14-8-6-13(7-9-14)20(21,22)23/h2-9H,10-11H2,1H3,(H,25,30)(H3,24,26,27,28,29). The van der Waals surface area contributed by atoms with Crippen molar-refractivity contribution in [3.63, 3.8) is 0 Å². The first-order chi connectivity index (χ1) is 14.7. The first kappa shape index (κ1) is 22.3. The second-order valence-electron chi connectivity index (χ2n) is 6.49. The number of anilines is 4. The van der Waals surface area contributed by atoms with Crippen molar-refractivity contribution in [2.75, 3.05) is 22.1 Å². The summed E-state index contributed by atoms with van der Waals surface area (Å²) in [6.07, 6.45) is -4.42. The van der Waals surface area contributed by atoms with Gasteiger partial charge in [0.15, 0.2) is 0 Å². The highest BCUT2D eigenvalue weighted by atomic mass is 32.2. The molecule has 0 saturated heterocycles. The highest BCUT2D eigenvalue weighted by Gasteiger charge is 2.29. The zero-order valence-corrected chi connectivity index (χ0v) is 17.2. The molecule has 0 bridgehead atoms. The van der Waals surface area contributed by atoms with Gasteiger partial charge in [-0.3, -0.25) is 4.79 Å². The molecule has 3 aromatic rings. The molecule has 3 rings (SSSR count). The molecule has 31 heavy (non-hydrogen) atoms. The number of para-hydroxylation sites is 1. The molecule has 0 atom stereocenters. The van der Waals surface area contributed by atoms with Gasteiger partial charge in [-0.1, -0.05) is 18.2 Å². The number of amides is 1. The Morgan fingerprint density at radius 1 is 1.06 bits per heavy atom. The van der Waals surface area contributed by atoms with E-state index < -0.39 is 11.7 Å². The zero-order valence-electron chi connectivity index (χ0n) is 16.4. The van der Waals surface area contributed by atoms with E-state index in [1.54, 1.807) is 0 Å². The van der Waals surface area contributed by atoms with E-state index in [2.05, 4.69) is 25.6 Å². The number of carbonyl (C=O) groups excluding carboxylic acids is 1.